The minimum absolute atomic E-state index is 0.0236. The number of ketones is 1. The highest BCUT2D eigenvalue weighted by Gasteiger charge is 2.25. The van der Waals surface area contributed by atoms with Crippen LogP contribution in [0, 0.1) is 0 Å². The number of methoxy groups -OCH3 is 1. The zero-order chi connectivity index (χ0) is 21.6. The van der Waals surface area contributed by atoms with Crippen molar-refractivity contribution in [2.75, 3.05) is 13.9 Å². The van der Waals surface area contributed by atoms with Crippen molar-refractivity contribution in [1.29, 1.82) is 0 Å². The number of benzene rings is 1. The predicted octanol–water partition coefficient (Wildman–Crippen LogP) is 3.84. The Bertz CT molecular complexity index is 829. The normalized spacial score (nSPS) is 12.6. The molecular formula is C21H32N2O5Si. The molecule has 1 N–H and O–H groups in total. The second kappa shape index (κ2) is 9.93. The first-order valence-corrected chi connectivity index (χ1v) is 13.5. The van der Waals surface area contributed by atoms with Crippen LogP contribution < -0.4 is 9.57 Å². The summed E-state index contributed by atoms with van der Waals surface area (Å²) in [6.07, 6.45) is 4.09. The SMILES string of the molecule is CCCCc1ncc(C(=O)c2ccc(OC)cc2O)n1OCOC(C)[Si](C)(C)C. The van der Waals surface area contributed by atoms with E-state index in [1.54, 1.807) is 6.07 Å². The van der Waals surface area contributed by atoms with Crippen LogP contribution in [-0.4, -0.2) is 48.3 Å². The van der Waals surface area contributed by atoms with Gasteiger partial charge in [0.05, 0.1) is 26.9 Å². The predicted molar refractivity (Wildman–Crippen MR) is 114 cm³/mol. The number of carbonyl (C=O) groups is 1. The third kappa shape index (κ3) is 5.83. The van der Waals surface area contributed by atoms with Crippen molar-refractivity contribution in [3.63, 3.8) is 0 Å². The molecule has 0 bridgehead atoms. The lowest BCUT2D eigenvalue weighted by Crippen LogP contribution is -2.39. The Morgan fingerprint density at radius 3 is 2.62 bits per heavy atom. The molecule has 0 aliphatic heterocycles. The number of aromatic hydroxyl groups is 1. The molecular weight excluding hydrogens is 388 g/mol. The molecule has 1 atom stereocenters. The van der Waals surface area contributed by atoms with E-state index in [2.05, 4.69) is 31.5 Å². The van der Waals surface area contributed by atoms with Crippen molar-refractivity contribution in [1.82, 2.24) is 9.71 Å². The lowest BCUT2D eigenvalue weighted by Gasteiger charge is -2.25. The van der Waals surface area contributed by atoms with Crippen LogP contribution in [0.4, 0.5) is 0 Å². The standard InChI is InChI=1S/C21H32N2O5Si/c1-7-8-9-20-22-13-18(23(20)28-14-27-15(2)29(4,5)6)21(25)17-11-10-16(26-3)12-19(17)24/h10-13,15,24H,7-9,14H2,1-6H3. The summed E-state index contributed by atoms with van der Waals surface area (Å²) in [4.78, 5) is 23.3. The maximum absolute atomic E-state index is 13.1. The fourth-order valence-corrected chi connectivity index (χ4v) is 3.15. The molecule has 1 aromatic carbocycles. The van der Waals surface area contributed by atoms with E-state index in [4.69, 9.17) is 14.3 Å². The second-order valence-electron chi connectivity index (χ2n) is 8.09. The topological polar surface area (TPSA) is 82.8 Å². The fourth-order valence-electron chi connectivity index (χ4n) is 2.58. The first kappa shape index (κ1) is 23.0. The second-order valence-corrected chi connectivity index (χ2v) is 13.6. The number of imidazole rings is 1. The van der Waals surface area contributed by atoms with Crippen molar-refractivity contribution in [3.05, 3.63) is 41.5 Å². The van der Waals surface area contributed by atoms with Crippen LogP contribution in [0.1, 0.15) is 48.6 Å². The molecule has 0 saturated heterocycles. The molecule has 0 aliphatic rings. The van der Waals surface area contributed by atoms with Crippen LogP contribution in [-0.2, 0) is 11.2 Å². The third-order valence-corrected chi connectivity index (χ3v) is 7.55. The van der Waals surface area contributed by atoms with Crippen molar-refractivity contribution < 1.29 is 24.2 Å². The van der Waals surface area contributed by atoms with Gasteiger partial charge >= 0.3 is 0 Å². The van der Waals surface area contributed by atoms with E-state index in [1.165, 1.54) is 30.2 Å². The average Bonchev–Trinajstić information content (AvgIpc) is 3.07. The number of aryl methyl sites for hydroxylation is 1. The molecule has 0 saturated carbocycles. The Hall–Kier alpha value is -2.32. The average molecular weight is 421 g/mol. The fraction of sp³-hybridized carbons (Fsp3) is 0.524. The molecule has 29 heavy (non-hydrogen) atoms. The van der Waals surface area contributed by atoms with Crippen LogP contribution >= 0.6 is 0 Å². The van der Waals surface area contributed by atoms with Crippen molar-refractivity contribution in [2.24, 2.45) is 0 Å². The molecule has 0 spiro atoms. The van der Waals surface area contributed by atoms with Gasteiger partial charge in [0.15, 0.2) is 0 Å². The van der Waals surface area contributed by atoms with Gasteiger partial charge in [0.1, 0.15) is 23.0 Å². The monoisotopic (exact) mass is 420 g/mol. The molecule has 160 valence electrons. The summed E-state index contributed by atoms with van der Waals surface area (Å²) in [5, 5.41) is 10.2. The summed E-state index contributed by atoms with van der Waals surface area (Å²) in [7, 11) is 0.0398. The number of phenols is 1. The van der Waals surface area contributed by atoms with E-state index in [0.29, 0.717) is 18.0 Å². The maximum Gasteiger partial charge on any atom is 0.218 e. The molecule has 1 aromatic heterocycles. The highest BCUT2D eigenvalue weighted by molar-refractivity contribution is 6.77. The van der Waals surface area contributed by atoms with Gasteiger partial charge in [-0.25, -0.2) is 4.98 Å². The summed E-state index contributed by atoms with van der Waals surface area (Å²) in [6.45, 7) is 10.8. The summed E-state index contributed by atoms with van der Waals surface area (Å²) >= 11 is 0. The van der Waals surface area contributed by atoms with Crippen LogP contribution in [0.5, 0.6) is 11.5 Å². The number of nitrogens with zero attached hydrogens (tertiary/aromatic N) is 2. The summed E-state index contributed by atoms with van der Waals surface area (Å²) < 4.78 is 12.4. The van der Waals surface area contributed by atoms with Gasteiger partial charge in [-0.05, 0) is 25.5 Å². The van der Waals surface area contributed by atoms with E-state index in [1.807, 2.05) is 6.92 Å². The van der Waals surface area contributed by atoms with Crippen LogP contribution in [0.2, 0.25) is 19.6 Å². The third-order valence-electron chi connectivity index (χ3n) is 4.94. The Balaban J connectivity index is 2.27. The summed E-state index contributed by atoms with van der Waals surface area (Å²) in [5.74, 6) is 0.605. The number of hydrogen-bond acceptors (Lipinski definition) is 6. The largest absolute Gasteiger partial charge is 0.507 e. The summed E-state index contributed by atoms with van der Waals surface area (Å²) in [5.41, 5.74) is 0.518. The number of rotatable bonds is 11. The molecule has 2 rings (SSSR count). The Morgan fingerprint density at radius 1 is 1.31 bits per heavy atom. The molecule has 0 aliphatic carbocycles. The van der Waals surface area contributed by atoms with Crippen LogP contribution in [0.15, 0.2) is 24.4 Å². The zero-order valence-corrected chi connectivity index (χ0v) is 19.2. The van der Waals surface area contributed by atoms with Gasteiger partial charge in [-0.1, -0.05) is 33.0 Å². The van der Waals surface area contributed by atoms with Crippen molar-refractivity contribution >= 4 is 13.9 Å². The van der Waals surface area contributed by atoms with Gasteiger partial charge in [-0.3, -0.25) is 4.79 Å². The van der Waals surface area contributed by atoms with Gasteiger partial charge in [0.25, 0.3) is 0 Å². The first-order chi connectivity index (χ1) is 13.7. The van der Waals surface area contributed by atoms with Gasteiger partial charge in [-0.15, -0.1) is 0 Å². The summed E-state index contributed by atoms with van der Waals surface area (Å²) in [6, 6.07) is 4.57. The Morgan fingerprint density at radius 2 is 2.03 bits per heavy atom. The molecule has 0 amide bonds. The minimum atomic E-state index is -1.46. The lowest BCUT2D eigenvalue weighted by molar-refractivity contribution is -0.0730. The van der Waals surface area contributed by atoms with Gasteiger partial charge in [-0.2, -0.15) is 4.73 Å². The molecule has 0 fully saturated rings. The highest BCUT2D eigenvalue weighted by atomic mass is 28.3. The van der Waals surface area contributed by atoms with Gasteiger partial charge in [0.2, 0.25) is 12.6 Å². The molecule has 8 heteroatoms. The van der Waals surface area contributed by atoms with E-state index in [-0.39, 0.29) is 35.3 Å². The highest BCUT2D eigenvalue weighted by Crippen LogP contribution is 2.26. The number of aromatic nitrogens is 2. The van der Waals surface area contributed by atoms with E-state index < -0.39 is 8.07 Å². The molecule has 2 aromatic rings. The molecule has 1 heterocycles. The number of unbranched alkanes of at least 4 members (excludes halogenated alkanes) is 1. The number of hydrogen-bond donors (Lipinski definition) is 1. The zero-order valence-electron chi connectivity index (χ0n) is 18.2. The van der Waals surface area contributed by atoms with E-state index >= 15 is 0 Å². The first-order valence-electron chi connectivity index (χ1n) is 9.92. The molecule has 7 nitrogen and oxygen atoms in total. The van der Waals surface area contributed by atoms with Crippen LogP contribution in [0.25, 0.3) is 0 Å². The van der Waals surface area contributed by atoms with Crippen LogP contribution in [0.3, 0.4) is 0 Å². The van der Waals surface area contributed by atoms with E-state index in [0.717, 1.165) is 12.8 Å². The number of ether oxygens (including phenoxy) is 2. The van der Waals surface area contributed by atoms with Crippen molar-refractivity contribution in [3.8, 4) is 11.5 Å². The van der Waals surface area contributed by atoms with Gasteiger partial charge in [0, 0.05) is 18.2 Å². The van der Waals surface area contributed by atoms with Gasteiger partial charge < -0.3 is 19.4 Å². The number of phenolic OH excluding ortho intramolecular Hbond substituents is 1. The quantitative estimate of drug-likeness (QED) is 0.338. The Labute approximate surface area is 173 Å². The lowest BCUT2D eigenvalue weighted by atomic mass is 10.1. The minimum Gasteiger partial charge on any atom is -0.507 e. The number of carbonyl (C=O) groups excluding carboxylic acids is 1. The maximum atomic E-state index is 13.1. The van der Waals surface area contributed by atoms with E-state index in [9.17, 15) is 9.90 Å². The molecule has 1 unspecified atom stereocenters. The molecule has 0 radical (unpaired) electrons. The smallest absolute Gasteiger partial charge is 0.218 e. The Kier molecular flexibility index (Phi) is 7.86. The van der Waals surface area contributed by atoms with Crippen molar-refractivity contribution in [2.45, 2.75) is 58.5 Å².